The van der Waals surface area contributed by atoms with Crippen LogP contribution in [0.1, 0.15) is 41.0 Å². The molecule has 1 unspecified atom stereocenters. The lowest BCUT2D eigenvalue weighted by Gasteiger charge is -2.42. The van der Waals surface area contributed by atoms with E-state index in [9.17, 15) is 14.7 Å². The second-order valence-corrected chi connectivity index (χ2v) is 6.80. The van der Waals surface area contributed by atoms with Crippen LogP contribution in [0.25, 0.3) is 0 Å². The third-order valence-corrected chi connectivity index (χ3v) is 4.27. The Morgan fingerprint density at radius 1 is 1.19 bits per heavy atom. The highest BCUT2D eigenvalue weighted by molar-refractivity contribution is 5.82. The van der Waals surface area contributed by atoms with Gasteiger partial charge in [0.1, 0.15) is 6.04 Å². The fourth-order valence-electron chi connectivity index (χ4n) is 2.49. The number of carboxylic acid groups (broad SMARTS) is 1. The molecule has 0 radical (unpaired) electrons. The molecule has 1 aliphatic heterocycles. The number of hydrogen-bond acceptors (Lipinski definition) is 3. The van der Waals surface area contributed by atoms with Crippen LogP contribution in [0.2, 0.25) is 0 Å². The minimum Gasteiger partial charge on any atom is -0.480 e. The number of nitrogens with one attached hydrogen (secondary N) is 1. The summed E-state index contributed by atoms with van der Waals surface area (Å²) in [6.07, 6.45) is 0.717. The van der Waals surface area contributed by atoms with Gasteiger partial charge >= 0.3 is 12.0 Å². The van der Waals surface area contributed by atoms with Crippen LogP contribution < -0.4 is 5.32 Å². The van der Waals surface area contributed by atoms with Crippen molar-refractivity contribution in [1.29, 1.82) is 0 Å². The number of carbonyl (C=O) groups excluding carboxylic acids is 1. The van der Waals surface area contributed by atoms with E-state index in [4.69, 9.17) is 0 Å². The van der Waals surface area contributed by atoms with Gasteiger partial charge in [-0.25, -0.2) is 9.59 Å². The minimum atomic E-state index is -0.967. The summed E-state index contributed by atoms with van der Waals surface area (Å²) in [5.74, 6) is -1.05. The summed E-state index contributed by atoms with van der Waals surface area (Å²) in [6.45, 7) is 13.2. The van der Waals surface area contributed by atoms with Gasteiger partial charge in [-0.3, -0.25) is 4.90 Å². The molecule has 0 spiro atoms. The first-order valence-electron chi connectivity index (χ1n) is 7.70. The highest BCUT2D eigenvalue weighted by atomic mass is 16.4. The normalized spacial score (nSPS) is 20.0. The first-order valence-corrected chi connectivity index (χ1v) is 7.70. The SMILES string of the molecule is CCC(C)[C@H](NC(=O)N1CCN(C(C)(C)C)CC1)C(=O)O. The van der Waals surface area contributed by atoms with Gasteiger partial charge in [0.15, 0.2) is 0 Å². The molecule has 1 heterocycles. The maximum Gasteiger partial charge on any atom is 0.326 e. The van der Waals surface area contributed by atoms with Crippen molar-refractivity contribution in [3.63, 3.8) is 0 Å². The summed E-state index contributed by atoms with van der Waals surface area (Å²) in [4.78, 5) is 27.5. The van der Waals surface area contributed by atoms with Crippen molar-refractivity contribution in [2.75, 3.05) is 26.2 Å². The standard InChI is InChI=1S/C15H29N3O3/c1-6-11(2)12(13(19)20)16-14(21)17-7-9-18(10-8-17)15(3,4)5/h11-12H,6-10H2,1-5H3,(H,16,21)(H,19,20)/t11?,12-/m0/s1. The lowest BCUT2D eigenvalue weighted by Crippen LogP contribution is -2.58. The smallest absolute Gasteiger partial charge is 0.326 e. The van der Waals surface area contributed by atoms with E-state index < -0.39 is 12.0 Å². The summed E-state index contributed by atoms with van der Waals surface area (Å²) < 4.78 is 0. The van der Waals surface area contributed by atoms with E-state index in [-0.39, 0.29) is 17.5 Å². The predicted molar refractivity (Wildman–Crippen MR) is 82.3 cm³/mol. The highest BCUT2D eigenvalue weighted by Gasteiger charge is 2.31. The molecule has 6 heteroatoms. The third kappa shape index (κ3) is 4.88. The quantitative estimate of drug-likeness (QED) is 0.827. The third-order valence-electron chi connectivity index (χ3n) is 4.27. The van der Waals surface area contributed by atoms with Crippen LogP contribution >= 0.6 is 0 Å². The molecule has 2 amide bonds. The predicted octanol–water partition coefficient (Wildman–Crippen LogP) is 1.61. The van der Waals surface area contributed by atoms with Gasteiger partial charge in [0.25, 0.3) is 0 Å². The molecule has 1 rings (SSSR count). The first kappa shape index (κ1) is 17.8. The zero-order valence-corrected chi connectivity index (χ0v) is 13.8. The van der Waals surface area contributed by atoms with Crippen molar-refractivity contribution in [1.82, 2.24) is 15.1 Å². The van der Waals surface area contributed by atoms with Gasteiger partial charge < -0.3 is 15.3 Å². The van der Waals surface area contributed by atoms with E-state index in [2.05, 4.69) is 31.0 Å². The maximum atomic E-state index is 12.2. The summed E-state index contributed by atoms with van der Waals surface area (Å²) in [5.41, 5.74) is 0.100. The Balaban J connectivity index is 2.55. The van der Waals surface area contributed by atoms with Gasteiger partial charge in [0.05, 0.1) is 0 Å². The van der Waals surface area contributed by atoms with Crippen LogP contribution in [-0.4, -0.2) is 64.7 Å². The molecule has 2 N–H and O–H groups in total. The van der Waals surface area contributed by atoms with Crippen molar-refractivity contribution in [2.45, 2.75) is 52.6 Å². The van der Waals surface area contributed by atoms with Crippen LogP contribution in [-0.2, 0) is 4.79 Å². The monoisotopic (exact) mass is 299 g/mol. The largest absolute Gasteiger partial charge is 0.480 e. The Labute approximate surface area is 127 Å². The summed E-state index contributed by atoms with van der Waals surface area (Å²) in [6, 6.07) is -1.08. The molecular weight excluding hydrogens is 270 g/mol. The Morgan fingerprint density at radius 2 is 1.71 bits per heavy atom. The molecule has 0 aromatic rings. The number of aliphatic carboxylic acids is 1. The second kappa shape index (κ2) is 7.11. The van der Waals surface area contributed by atoms with E-state index in [1.165, 1.54) is 0 Å². The van der Waals surface area contributed by atoms with Gasteiger partial charge in [0, 0.05) is 31.7 Å². The van der Waals surface area contributed by atoms with Crippen LogP contribution in [0.4, 0.5) is 4.79 Å². The molecule has 2 atom stereocenters. The topological polar surface area (TPSA) is 72.9 Å². The summed E-state index contributed by atoms with van der Waals surface area (Å²) in [5, 5.41) is 11.9. The molecule has 1 aliphatic rings. The van der Waals surface area contributed by atoms with Gasteiger partial charge in [-0.1, -0.05) is 20.3 Å². The van der Waals surface area contributed by atoms with Crippen LogP contribution in [0.5, 0.6) is 0 Å². The van der Waals surface area contributed by atoms with Gasteiger partial charge in [0.2, 0.25) is 0 Å². The second-order valence-electron chi connectivity index (χ2n) is 6.80. The number of carbonyl (C=O) groups is 2. The number of carboxylic acids is 1. The minimum absolute atomic E-state index is 0.0812. The Bertz CT molecular complexity index is 371. The maximum absolute atomic E-state index is 12.2. The molecule has 21 heavy (non-hydrogen) atoms. The van der Waals surface area contributed by atoms with E-state index >= 15 is 0 Å². The number of amides is 2. The summed E-state index contributed by atoms with van der Waals surface area (Å²) >= 11 is 0. The number of rotatable bonds is 4. The van der Waals surface area contributed by atoms with Crippen molar-refractivity contribution in [3.8, 4) is 0 Å². The highest BCUT2D eigenvalue weighted by Crippen LogP contribution is 2.16. The summed E-state index contributed by atoms with van der Waals surface area (Å²) in [7, 11) is 0. The van der Waals surface area contributed by atoms with E-state index in [0.29, 0.717) is 13.1 Å². The molecule has 0 aromatic carbocycles. The molecule has 6 nitrogen and oxygen atoms in total. The molecule has 1 saturated heterocycles. The van der Waals surface area contributed by atoms with Gasteiger partial charge in [-0.2, -0.15) is 0 Å². The molecule has 0 aliphatic carbocycles. The van der Waals surface area contributed by atoms with E-state index in [0.717, 1.165) is 19.5 Å². The average molecular weight is 299 g/mol. The molecule has 122 valence electrons. The van der Waals surface area contributed by atoms with Crippen molar-refractivity contribution < 1.29 is 14.7 Å². The average Bonchev–Trinajstić information content (AvgIpc) is 2.42. The molecule has 0 bridgehead atoms. The van der Waals surface area contributed by atoms with Crippen LogP contribution in [0.3, 0.4) is 0 Å². The Kier molecular flexibility index (Phi) is 6.01. The number of nitrogens with zero attached hydrogens (tertiary/aromatic N) is 2. The first-order chi connectivity index (χ1) is 9.66. The molecule has 0 saturated carbocycles. The van der Waals surface area contributed by atoms with Crippen molar-refractivity contribution in [3.05, 3.63) is 0 Å². The zero-order chi connectivity index (χ0) is 16.2. The molecule has 1 fully saturated rings. The number of hydrogen-bond donors (Lipinski definition) is 2. The van der Waals surface area contributed by atoms with E-state index in [1.54, 1.807) is 4.90 Å². The Hall–Kier alpha value is -1.30. The van der Waals surface area contributed by atoms with Crippen LogP contribution in [0, 0.1) is 5.92 Å². The number of piperazine rings is 1. The van der Waals surface area contributed by atoms with Crippen molar-refractivity contribution >= 4 is 12.0 Å². The lowest BCUT2D eigenvalue weighted by molar-refractivity contribution is -0.140. The van der Waals surface area contributed by atoms with E-state index in [1.807, 2.05) is 13.8 Å². The van der Waals surface area contributed by atoms with Gasteiger partial charge in [-0.15, -0.1) is 0 Å². The molecule has 0 aromatic heterocycles. The van der Waals surface area contributed by atoms with Gasteiger partial charge in [-0.05, 0) is 26.7 Å². The van der Waals surface area contributed by atoms with Crippen molar-refractivity contribution in [2.24, 2.45) is 5.92 Å². The fraction of sp³-hybridized carbons (Fsp3) is 0.867. The zero-order valence-electron chi connectivity index (χ0n) is 13.8. The van der Waals surface area contributed by atoms with Crippen LogP contribution in [0.15, 0.2) is 0 Å². The molecular formula is C15H29N3O3. The lowest BCUT2D eigenvalue weighted by atomic mass is 9.99. The Morgan fingerprint density at radius 3 is 2.10 bits per heavy atom. The number of urea groups is 1. The fourth-order valence-corrected chi connectivity index (χ4v) is 2.49.